The summed E-state index contributed by atoms with van der Waals surface area (Å²) in [6.45, 7) is -0.185. The Morgan fingerprint density at radius 3 is 2.50 bits per heavy atom. The van der Waals surface area contributed by atoms with Gasteiger partial charge in [0.2, 0.25) is 0 Å². The van der Waals surface area contributed by atoms with Gasteiger partial charge in [-0.15, -0.1) is 0 Å². The molecule has 0 aliphatic heterocycles. The van der Waals surface area contributed by atoms with E-state index >= 15 is 0 Å². The lowest BCUT2D eigenvalue weighted by Gasteiger charge is -2.29. The minimum absolute atomic E-state index is 0.101. The van der Waals surface area contributed by atoms with Crippen LogP contribution < -0.4 is 5.32 Å². The van der Waals surface area contributed by atoms with E-state index in [1.165, 1.54) is 4.90 Å². The highest BCUT2D eigenvalue weighted by molar-refractivity contribution is 7.99. The zero-order valence-electron chi connectivity index (χ0n) is 12.0. The quantitative estimate of drug-likeness (QED) is 0.817. The number of hydrogen-bond donors (Lipinski definition) is 2. The van der Waals surface area contributed by atoms with Crippen LogP contribution >= 0.6 is 11.8 Å². The smallest absolute Gasteiger partial charge is 0.323 e. The number of rotatable bonds is 5. The molecule has 2 saturated carbocycles. The normalized spacial score (nSPS) is 26.6. The lowest BCUT2D eigenvalue weighted by molar-refractivity contribution is -0.138. The van der Waals surface area contributed by atoms with Crippen LogP contribution in [0.15, 0.2) is 0 Å². The van der Waals surface area contributed by atoms with Gasteiger partial charge in [-0.1, -0.05) is 12.8 Å². The summed E-state index contributed by atoms with van der Waals surface area (Å²) in [5, 5.41) is 12.7. The van der Waals surface area contributed by atoms with E-state index in [4.69, 9.17) is 5.11 Å². The molecular formula is C14H24N2O3S. The molecule has 0 radical (unpaired) electrons. The predicted molar refractivity (Wildman–Crippen MR) is 80.1 cm³/mol. The second-order valence-electron chi connectivity index (χ2n) is 5.78. The van der Waals surface area contributed by atoms with Crippen molar-refractivity contribution in [3.8, 4) is 0 Å². The van der Waals surface area contributed by atoms with Gasteiger partial charge < -0.3 is 15.3 Å². The van der Waals surface area contributed by atoms with Crippen molar-refractivity contribution in [3.63, 3.8) is 0 Å². The van der Waals surface area contributed by atoms with Crippen LogP contribution in [0.1, 0.15) is 44.9 Å². The Labute approximate surface area is 124 Å². The molecule has 0 bridgehead atoms. The van der Waals surface area contributed by atoms with E-state index in [2.05, 4.69) is 11.6 Å². The highest BCUT2D eigenvalue weighted by Crippen LogP contribution is 2.29. The summed E-state index contributed by atoms with van der Waals surface area (Å²) in [4.78, 5) is 24.9. The van der Waals surface area contributed by atoms with E-state index in [1.54, 1.807) is 0 Å². The zero-order chi connectivity index (χ0) is 14.5. The third-order valence-corrected chi connectivity index (χ3v) is 5.47. The van der Waals surface area contributed by atoms with Gasteiger partial charge in [0.25, 0.3) is 0 Å². The van der Waals surface area contributed by atoms with Crippen molar-refractivity contribution in [3.05, 3.63) is 0 Å². The van der Waals surface area contributed by atoms with E-state index in [0.29, 0.717) is 5.25 Å². The molecule has 0 aromatic heterocycles. The van der Waals surface area contributed by atoms with Crippen molar-refractivity contribution in [1.82, 2.24) is 10.2 Å². The molecule has 2 amide bonds. The molecule has 2 aliphatic rings. The maximum absolute atomic E-state index is 12.4. The molecule has 0 heterocycles. The van der Waals surface area contributed by atoms with Crippen LogP contribution in [0.5, 0.6) is 0 Å². The number of carboxylic acid groups (broad SMARTS) is 1. The molecule has 20 heavy (non-hydrogen) atoms. The first-order valence-corrected chi connectivity index (χ1v) is 8.70. The first-order chi connectivity index (χ1) is 9.60. The van der Waals surface area contributed by atoms with Gasteiger partial charge >= 0.3 is 12.0 Å². The standard InChI is InChI=1S/C14H24N2O3S/c1-20-12-7-6-10(8-12)15-14(19)16(9-13(17)18)11-4-2-3-5-11/h10-12H,2-9H2,1H3,(H,15,19)(H,17,18). The largest absolute Gasteiger partial charge is 0.480 e. The van der Waals surface area contributed by atoms with Crippen molar-refractivity contribution in [2.24, 2.45) is 0 Å². The number of carboxylic acids is 1. The third-order valence-electron chi connectivity index (χ3n) is 4.38. The fourth-order valence-corrected chi connectivity index (χ4v) is 4.07. The number of urea groups is 1. The van der Waals surface area contributed by atoms with Gasteiger partial charge in [0.1, 0.15) is 6.54 Å². The lowest BCUT2D eigenvalue weighted by Crippen LogP contribution is -2.50. The SMILES string of the molecule is CSC1CCC(NC(=O)N(CC(=O)O)C2CCCC2)C1. The molecule has 0 aromatic carbocycles. The Hall–Kier alpha value is -0.910. The van der Waals surface area contributed by atoms with E-state index in [9.17, 15) is 9.59 Å². The molecule has 0 aromatic rings. The van der Waals surface area contributed by atoms with E-state index < -0.39 is 5.97 Å². The molecule has 2 atom stereocenters. The van der Waals surface area contributed by atoms with Gasteiger partial charge in [-0.2, -0.15) is 11.8 Å². The molecule has 0 saturated heterocycles. The molecule has 6 heteroatoms. The Bertz CT molecular complexity index is 358. The molecule has 5 nitrogen and oxygen atoms in total. The van der Waals surface area contributed by atoms with Crippen LogP contribution in [0.25, 0.3) is 0 Å². The number of hydrogen-bond acceptors (Lipinski definition) is 3. The van der Waals surface area contributed by atoms with Crippen molar-refractivity contribution >= 4 is 23.8 Å². The van der Waals surface area contributed by atoms with Crippen molar-refractivity contribution in [1.29, 1.82) is 0 Å². The van der Waals surface area contributed by atoms with Crippen LogP contribution in [-0.4, -0.2) is 52.1 Å². The Morgan fingerprint density at radius 2 is 1.95 bits per heavy atom. The topological polar surface area (TPSA) is 69.6 Å². The summed E-state index contributed by atoms with van der Waals surface area (Å²) in [5.74, 6) is -0.930. The van der Waals surface area contributed by atoms with Gasteiger partial charge in [0.05, 0.1) is 0 Å². The minimum atomic E-state index is -0.930. The number of nitrogens with one attached hydrogen (secondary N) is 1. The van der Waals surface area contributed by atoms with E-state index in [0.717, 1.165) is 44.9 Å². The summed E-state index contributed by atoms with van der Waals surface area (Å²) in [7, 11) is 0. The molecule has 2 fully saturated rings. The second-order valence-corrected chi connectivity index (χ2v) is 6.92. The summed E-state index contributed by atoms with van der Waals surface area (Å²) < 4.78 is 0. The highest BCUT2D eigenvalue weighted by atomic mass is 32.2. The molecule has 2 N–H and O–H groups in total. The van der Waals surface area contributed by atoms with Crippen molar-refractivity contribution in [2.45, 2.75) is 62.3 Å². The molecule has 2 rings (SSSR count). The fraction of sp³-hybridized carbons (Fsp3) is 0.857. The maximum atomic E-state index is 12.4. The van der Waals surface area contributed by atoms with E-state index in [1.807, 2.05) is 11.8 Å². The predicted octanol–water partition coefficient (Wildman–Crippen LogP) is 2.31. The number of amides is 2. The second kappa shape index (κ2) is 7.20. The minimum Gasteiger partial charge on any atom is -0.480 e. The van der Waals surface area contributed by atoms with Crippen molar-refractivity contribution in [2.75, 3.05) is 12.8 Å². The van der Waals surface area contributed by atoms with E-state index in [-0.39, 0.29) is 24.7 Å². The van der Waals surface area contributed by atoms with Gasteiger partial charge in [0, 0.05) is 17.3 Å². The van der Waals surface area contributed by atoms with Crippen LogP contribution in [0.3, 0.4) is 0 Å². The van der Waals surface area contributed by atoms with Gasteiger partial charge in [-0.3, -0.25) is 4.79 Å². The van der Waals surface area contributed by atoms with Gasteiger partial charge in [-0.25, -0.2) is 4.79 Å². The Morgan fingerprint density at radius 1 is 1.25 bits per heavy atom. The summed E-state index contributed by atoms with van der Waals surface area (Å²) >= 11 is 1.85. The first-order valence-electron chi connectivity index (χ1n) is 7.42. The van der Waals surface area contributed by atoms with Crippen LogP contribution in [0.4, 0.5) is 4.79 Å². The summed E-state index contributed by atoms with van der Waals surface area (Å²) in [6, 6.07) is 0.118. The third kappa shape index (κ3) is 4.04. The van der Waals surface area contributed by atoms with Crippen LogP contribution in [-0.2, 0) is 4.79 Å². The average molecular weight is 300 g/mol. The van der Waals surface area contributed by atoms with Crippen molar-refractivity contribution < 1.29 is 14.7 Å². The zero-order valence-corrected chi connectivity index (χ0v) is 12.8. The number of carbonyl (C=O) groups is 2. The Kier molecular flexibility index (Phi) is 5.57. The monoisotopic (exact) mass is 300 g/mol. The summed E-state index contributed by atoms with van der Waals surface area (Å²) in [6.07, 6.45) is 9.27. The van der Waals surface area contributed by atoms with Crippen LogP contribution in [0.2, 0.25) is 0 Å². The number of thioether (sulfide) groups is 1. The maximum Gasteiger partial charge on any atom is 0.323 e. The molecule has 2 unspecified atom stereocenters. The number of carbonyl (C=O) groups excluding carboxylic acids is 1. The first kappa shape index (κ1) is 15.5. The Balaban J connectivity index is 1.90. The van der Waals surface area contributed by atoms with Crippen LogP contribution in [0, 0.1) is 0 Å². The summed E-state index contributed by atoms with van der Waals surface area (Å²) in [5.41, 5.74) is 0. The number of nitrogens with zero attached hydrogens (tertiary/aromatic N) is 1. The van der Waals surface area contributed by atoms with Gasteiger partial charge in [-0.05, 0) is 38.4 Å². The average Bonchev–Trinajstić information content (AvgIpc) is 3.06. The molecule has 114 valence electrons. The molecular weight excluding hydrogens is 276 g/mol. The van der Waals surface area contributed by atoms with Gasteiger partial charge in [0.15, 0.2) is 0 Å². The lowest BCUT2D eigenvalue weighted by atomic mass is 10.2. The fourth-order valence-electron chi connectivity index (χ4n) is 3.27. The molecule has 2 aliphatic carbocycles. The molecule has 0 spiro atoms. The number of aliphatic carboxylic acids is 1. The highest BCUT2D eigenvalue weighted by Gasteiger charge is 2.31.